The Labute approximate surface area is 136 Å². The highest BCUT2D eigenvalue weighted by Crippen LogP contribution is 2.32. The summed E-state index contributed by atoms with van der Waals surface area (Å²) in [6, 6.07) is 10.1. The van der Waals surface area contributed by atoms with E-state index in [2.05, 4.69) is 21.6 Å². The number of hydrogen-bond donors (Lipinski definition) is 1. The Bertz CT molecular complexity index is 852. The fourth-order valence-corrected chi connectivity index (χ4v) is 3.36. The molecule has 1 aliphatic heterocycles. The molecule has 22 heavy (non-hydrogen) atoms. The molecule has 0 fully saturated rings. The van der Waals surface area contributed by atoms with Crippen LogP contribution in [0.4, 0.5) is 0 Å². The van der Waals surface area contributed by atoms with Crippen molar-refractivity contribution in [2.75, 3.05) is 6.79 Å². The van der Waals surface area contributed by atoms with Crippen LogP contribution in [-0.2, 0) is 13.0 Å². The molecule has 2 aromatic heterocycles. The predicted molar refractivity (Wildman–Crippen MR) is 86.2 cm³/mol. The molecule has 4 rings (SSSR count). The Hall–Kier alpha value is -2.12. The smallest absolute Gasteiger partial charge is 0.231 e. The molecule has 3 aromatic rings. The molecular weight excluding hydrogens is 318 g/mol. The Morgan fingerprint density at radius 1 is 1.27 bits per heavy atom. The van der Waals surface area contributed by atoms with Crippen molar-refractivity contribution >= 4 is 23.6 Å². The second-order valence-corrected chi connectivity index (χ2v) is 6.39. The van der Waals surface area contributed by atoms with Gasteiger partial charge in [0.25, 0.3) is 0 Å². The molecule has 1 N–H and O–H groups in total. The lowest BCUT2D eigenvalue weighted by molar-refractivity contribution is 0.174. The molecular formula is C15H13N3O2S2. The van der Waals surface area contributed by atoms with Gasteiger partial charge in [0.2, 0.25) is 6.79 Å². The normalized spacial score (nSPS) is 12.7. The summed E-state index contributed by atoms with van der Waals surface area (Å²) in [5.41, 5.74) is 1.11. The van der Waals surface area contributed by atoms with Gasteiger partial charge in [-0.3, -0.25) is 9.67 Å². The number of fused-ring (bicyclic) bond motifs is 1. The zero-order chi connectivity index (χ0) is 14.9. The number of nitrogens with zero attached hydrogens (tertiary/aromatic N) is 2. The second kappa shape index (κ2) is 5.58. The summed E-state index contributed by atoms with van der Waals surface area (Å²) >= 11 is 7.08. The summed E-state index contributed by atoms with van der Waals surface area (Å²) in [5.74, 6) is 2.51. The van der Waals surface area contributed by atoms with E-state index in [1.54, 1.807) is 11.3 Å². The molecule has 0 radical (unpaired) electrons. The van der Waals surface area contributed by atoms with Crippen LogP contribution in [0.5, 0.6) is 11.5 Å². The van der Waals surface area contributed by atoms with Crippen LogP contribution in [0.1, 0.15) is 16.3 Å². The van der Waals surface area contributed by atoms with Crippen molar-refractivity contribution in [2.24, 2.45) is 0 Å². The minimum atomic E-state index is 0.285. The summed E-state index contributed by atoms with van der Waals surface area (Å²) in [5, 5.41) is 9.31. The van der Waals surface area contributed by atoms with E-state index in [0.717, 1.165) is 29.3 Å². The van der Waals surface area contributed by atoms with E-state index in [0.29, 0.717) is 11.3 Å². The average Bonchev–Trinajstić information content (AvgIpc) is 3.24. The third-order valence-corrected chi connectivity index (χ3v) is 4.72. The molecule has 3 heterocycles. The van der Waals surface area contributed by atoms with Crippen LogP contribution in [0.3, 0.4) is 0 Å². The third-order valence-electron chi connectivity index (χ3n) is 3.53. The molecule has 0 spiro atoms. The molecule has 0 saturated carbocycles. The SMILES string of the molecule is S=c1[nH]nc(Cc2cccs2)n1Cc1ccc2c(c1)OCO2. The summed E-state index contributed by atoms with van der Waals surface area (Å²) in [6.07, 6.45) is 0.773. The standard InChI is InChI=1S/C15H13N3O2S2/c21-15-17-16-14(7-11-2-1-5-22-11)18(15)8-10-3-4-12-13(6-10)20-9-19-12/h1-6H,7-9H2,(H,17,21). The number of benzene rings is 1. The molecule has 0 aliphatic carbocycles. The van der Waals surface area contributed by atoms with Crippen molar-refractivity contribution in [3.05, 3.63) is 56.7 Å². The number of nitrogens with one attached hydrogen (secondary N) is 1. The number of rotatable bonds is 4. The van der Waals surface area contributed by atoms with Gasteiger partial charge in [0, 0.05) is 11.3 Å². The lowest BCUT2D eigenvalue weighted by Gasteiger charge is -2.07. The van der Waals surface area contributed by atoms with Crippen LogP contribution in [0, 0.1) is 4.77 Å². The van der Waals surface area contributed by atoms with Crippen molar-refractivity contribution in [3.63, 3.8) is 0 Å². The Kier molecular flexibility index (Phi) is 3.44. The monoisotopic (exact) mass is 331 g/mol. The number of H-pyrrole nitrogens is 1. The molecule has 0 bridgehead atoms. The number of aromatic amines is 1. The topological polar surface area (TPSA) is 52.1 Å². The number of ether oxygens (including phenoxy) is 2. The molecule has 0 atom stereocenters. The molecule has 5 nitrogen and oxygen atoms in total. The van der Waals surface area contributed by atoms with E-state index in [1.165, 1.54) is 4.88 Å². The van der Waals surface area contributed by atoms with Gasteiger partial charge in [-0.2, -0.15) is 5.10 Å². The van der Waals surface area contributed by atoms with Gasteiger partial charge in [-0.25, -0.2) is 0 Å². The van der Waals surface area contributed by atoms with Gasteiger partial charge in [0.15, 0.2) is 16.3 Å². The minimum Gasteiger partial charge on any atom is -0.454 e. The highest BCUT2D eigenvalue weighted by atomic mass is 32.1. The molecule has 0 saturated heterocycles. The van der Waals surface area contributed by atoms with Gasteiger partial charge >= 0.3 is 0 Å². The Balaban J connectivity index is 1.62. The van der Waals surface area contributed by atoms with Gasteiger partial charge < -0.3 is 9.47 Å². The van der Waals surface area contributed by atoms with Gasteiger partial charge in [-0.1, -0.05) is 12.1 Å². The Morgan fingerprint density at radius 3 is 3.05 bits per heavy atom. The van der Waals surface area contributed by atoms with Crippen molar-refractivity contribution in [1.29, 1.82) is 0 Å². The van der Waals surface area contributed by atoms with E-state index in [4.69, 9.17) is 21.7 Å². The first-order valence-electron chi connectivity index (χ1n) is 6.84. The van der Waals surface area contributed by atoms with Gasteiger partial charge in [0.1, 0.15) is 5.82 Å². The molecule has 7 heteroatoms. The van der Waals surface area contributed by atoms with Crippen LogP contribution in [0.2, 0.25) is 0 Å². The summed E-state index contributed by atoms with van der Waals surface area (Å²) < 4.78 is 13.4. The number of hydrogen-bond acceptors (Lipinski definition) is 5. The highest BCUT2D eigenvalue weighted by Gasteiger charge is 2.14. The highest BCUT2D eigenvalue weighted by molar-refractivity contribution is 7.71. The zero-order valence-corrected chi connectivity index (χ0v) is 13.2. The van der Waals surface area contributed by atoms with Crippen LogP contribution in [0.25, 0.3) is 0 Å². The van der Waals surface area contributed by atoms with E-state index in [-0.39, 0.29) is 6.79 Å². The summed E-state index contributed by atoms with van der Waals surface area (Å²) in [6.45, 7) is 0.945. The van der Waals surface area contributed by atoms with Crippen molar-refractivity contribution < 1.29 is 9.47 Å². The molecule has 112 valence electrons. The third kappa shape index (κ3) is 2.53. The van der Waals surface area contributed by atoms with Crippen LogP contribution >= 0.6 is 23.6 Å². The maximum atomic E-state index is 5.42. The quantitative estimate of drug-likeness (QED) is 0.745. The molecule has 0 unspecified atom stereocenters. The van der Waals surface area contributed by atoms with E-state index in [9.17, 15) is 0 Å². The zero-order valence-electron chi connectivity index (χ0n) is 11.6. The van der Waals surface area contributed by atoms with Crippen molar-refractivity contribution in [3.8, 4) is 11.5 Å². The van der Waals surface area contributed by atoms with Gasteiger partial charge in [-0.05, 0) is 41.4 Å². The van der Waals surface area contributed by atoms with E-state index >= 15 is 0 Å². The minimum absolute atomic E-state index is 0.285. The second-order valence-electron chi connectivity index (χ2n) is 4.97. The summed E-state index contributed by atoms with van der Waals surface area (Å²) in [4.78, 5) is 1.26. The van der Waals surface area contributed by atoms with Crippen LogP contribution in [0.15, 0.2) is 35.7 Å². The van der Waals surface area contributed by atoms with E-state index in [1.807, 2.05) is 28.8 Å². The molecule has 1 aromatic carbocycles. The van der Waals surface area contributed by atoms with Gasteiger partial charge in [0.05, 0.1) is 6.54 Å². The number of thiophene rings is 1. The lowest BCUT2D eigenvalue weighted by Crippen LogP contribution is -2.05. The van der Waals surface area contributed by atoms with E-state index < -0.39 is 0 Å². The largest absolute Gasteiger partial charge is 0.454 e. The van der Waals surface area contributed by atoms with Gasteiger partial charge in [-0.15, -0.1) is 11.3 Å². The molecule has 0 amide bonds. The number of aromatic nitrogens is 3. The average molecular weight is 331 g/mol. The first-order chi connectivity index (χ1) is 10.8. The lowest BCUT2D eigenvalue weighted by atomic mass is 10.2. The Morgan fingerprint density at radius 2 is 2.18 bits per heavy atom. The van der Waals surface area contributed by atoms with Crippen molar-refractivity contribution in [1.82, 2.24) is 14.8 Å². The molecule has 1 aliphatic rings. The first kappa shape index (κ1) is 13.5. The predicted octanol–water partition coefficient (Wildman–Crippen LogP) is 3.37. The van der Waals surface area contributed by atoms with Crippen LogP contribution < -0.4 is 9.47 Å². The maximum absolute atomic E-state index is 5.42. The maximum Gasteiger partial charge on any atom is 0.231 e. The van der Waals surface area contributed by atoms with Crippen molar-refractivity contribution in [2.45, 2.75) is 13.0 Å². The fraction of sp³-hybridized carbons (Fsp3) is 0.200. The van der Waals surface area contributed by atoms with Crippen LogP contribution in [-0.4, -0.2) is 21.6 Å². The summed E-state index contributed by atoms with van der Waals surface area (Å²) in [7, 11) is 0. The first-order valence-corrected chi connectivity index (χ1v) is 8.13. The fourth-order valence-electron chi connectivity index (χ4n) is 2.44.